The summed E-state index contributed by atoms with van der Waals surface area (Å²) in [4.78, 5) is 11.1. The number of aryl methyl sites for hydroxylation is 1. The lowest BCUT2D eigenvalue weighted by atomic mass is 10.1. The number of nitrogen functional groups attached to an aromatic ring is 1. The Labute approximate surface area is 132 Å². The zero-order valence-electron chi connectivity index (χ0n) is 12.6. The van der Waals surface area contributed by atoms with Crippen LogP contribution in [0.3, 0.4) is 0 Å². The average molecular weight is 325 g/mol. The topological polar surface area (TPSA) is 76.7 Å². The SMILES string of the molecule is CC(CCc1ccccc1)Nc1nc(N)nc(CC(F)(F)F)n1. The number of hydrogen-bond acceptors (Lipinski definition) is 5. The van der Waals surface area contributed by atoms with E-state index < -0.39 is 12.6 Å². The van der Waals surface area contributed by atoms with Crippen molar-refractivity contribution in [1.82, 2.24) is 15.0 Å². The first-order valence-corrected chi connectivity index (χ1v) is 7.19. The number of nitrogens with one attached hydrogen (secondary N) is 1. The van der Waals surface area contributed by atoms with E-state index in [1.807, 2.05) is 37.3 Å². The highest BCUT2D eigenvalue weighted by molar-refractivity contribution is 5.32. The van der Waals surface area contributed by atoms with Crippen molar-refractivity contribution in [3.05, 3.63) is 41.7 Å². The van der Waals surface area contributed by atoms with Gasteiger partial charge in [0, 0.05) is 6.04 Å². The maximum absolute atomic E-state index is 12.4. The maximum Gasteiger partial charge on any atom is 0.396 e. The molecule has 23 heavy (non-hydrogen) atoms. The Morgan fingerprint density at radius 1 is 1.13 bits per heavy atom. The smallest absolute Gasteiger partial charge is 0.368 e. The first-order valence-electron chi connectivity index (χ1n) is 7.19. The summed E-state index contributed by atoms with van der Waals surface area (Å²) in [6, 6.07) is 9.90. The van der Waals surface area contributed by atoms with E-state index in [0.29, 0.717) is 0 Å². The quantitative estimate of drug-likeness (QED) is 0.854. The number of hydrogen-bond donors (Lipinski definition) is 2. The molecular formula is C15H18F3N5. The van der Waals surface area contributed by atoms with Gasteiger partial charge >= 0.3 is 6.18 Å². The molecule has 0 aliphatic carbocycles. The van der Waals surface area contributed by atoms with Gasteiger partial charge < -0.3 is 11.1 Å². The minimum atomic E-state index is -4.38. The minimum Gasteiger partial charge on any atom is -0.368 e. The van der Waals surface area contributed by atoms with Crippen molar-refractivity contribution in [1.29, 1.82) is 0 Å². The lowest BCUT2D eigenvalue weighted by molar-refractivity contribution is -0.128. The summed E-state index contributed by atoms with van der Waals surface area (Å²) in [5, 5.41) is 2.97. The van der Waals surface area contributed by atoms with Crippen LogP contribution < -0.4 is 11.1 Å². The fourth-order valence-electron chi connectivity index (χ4n) is 2.08. The predicted molar refractivity (Wildman–Crippen MR) is 81.8 cm³/mol. The Morgan fingerprint density at radius 2 is 1.83 bits per heavy atom. The summed E-state index contributed by atoms with van der Waals surface area (Å²) in [5.41, 5.74) is 6.64. The van der Waals surface area contributed by atoms with Gasteiger partial charge in [-0.15, -0.1) is 0 Å². The van der Waals surface area contributed by atoms with Crippen LogP contribution in [0.4, 0.5) is 25.1 Å². The summed E-state index contributed by atoms with van der Waals surface area (Å²) < 4.78 is 37.2. The van der Waals surface area contributed by atoms with Gasteiger partial charge in [-0.2, -0.15) is 28.1 Å². The molecule has 0 aliphatic rings. The minimum absolute atomic E-state index is 0.0178. The number of anilines is 2. The zero-order valence-corrected chi connectivity index (χ0v) is 12.6. The number of rotatable bonds is 6. The van der Waals surface area contributed by atoms with Crippen molar-refractivity contribution in [3.63, 3.8) is 0 Å². The third-order valence-corrected chi connectivity index (χ3v) is 3.14. The van der Waals surface area contributed by atoms with Crippen LogP contribution in [0.1, 0.15) is 24.7 Å². The van der Waals surface area contributed by atoms with E-state index in [2.05, 4.69) is 20.3 Å². The van der Waals surface area contributed by atoms with Gasteiger partial charge in [0.05, 0.1) is 0 Å². The molecule has 0 amide bonds. The van der Waals surface area contributed by atoms with E-state index in [1.165, 1.54) is 5.56 Å². The fraction of sp³-hybridized carbons (Fsp3) is 0.400. The highest BCUT2D eigenvalue weighted by atomic mass is 19.4. The van der Waals surface area contributed by atoms with Gasteiger partial charge in [0.1, 0.15) is 12.2 Å². The largest absolute Gasteiger partial charge is 0.396 e. The molecule has 2 aromatic rings. The van der Waals surface area contributed by atoms with Gasteiger partial charge in [0.2, 0.25) is 11.9 Å². The van der Waals surface area contributed by atoms with E-state index >= 15 is 0 Å². The molecule has 8 heteroatoms. The molecular weight excluding hydrogens is 307 g/mol. The predicted octanol–water partition coefficient (Wildman–Crippen LogP) is 2.99. The summed E-state index contributed by atoms with van der Waals surface area (Å²) in [6.07, 6.45) is -3.99. The van der Waals surface area contributed by atoms with Crippen LogP contribution in [0.25, 0.3) is 0 Å². The normalized spacial score (nSPS) is 12.9. The number of halogens is 3. The third-order valence-electron chi connectivity index (χ3n) is 3.14. The van der Waals surface area contributed by atoms with Crippen molar-refractivity contribution in [2.75, 3.05) is 11.1 Å². The van der Waals surface area contributed by atoms with Crippen LogP contribution in [0, 0.1) is 0 Å². The van der Waals surface area contributed by atoms with Gasteiger partial charge in [-0.25, -0.2) is 0 Å². The number of nitrogens with two attached hydrogens (primary N) is 1. The number of alkyl halides is 3. The molecule has 1 atom stereocenters. The molecule has 5 nitrogen and oxygen atoms in total. The van der Waals surface area contributed by atoms with Gasteiger partial charge in [-0.1, -0.05) is 30.3 Å². The van der Waals surface area contributed by atoms with Crippen molar-refractivity contribution in [2.45, 2.75) is 38.4 Å². The van der Waals surface area contributed by atoms with Crippen LogP contribution in [0.5, 0.6) is 0 Å². The summed E-state index contributed by atoms with van der Waals surface area (Å²) in [6.45, 7) is 1.91. The Bertz CT molecular complexity index is 631. The molecule has 3 N–H and O–H groups in total. The molecule has 0 spiro atoms. The molecule has 0 aliphatic heterocycles. The van der Waals surface area contributed by atoms with E-state index in [4.69, 9.17) is 5.73 Å². The highest BCUT2D eigenvalue weighted by Gasteiger charge is 2.30. The second-order valence-corrected chi connectivity index (χ2v) is 5.30. The van der Waals surface area contributed by atoms with E-state index in [1.54, 1.807) is 0 Å². The third kappa shape index (κ3) is 6.09. The first-order chi connectivity index (χ1) is 10.8. The Hall–Kier alpha value is -2.38. The second-order valence-electron chi connectivity index (χ2n) is 5.30. The monoisotopic (exact) mass is 325 g/mol. The standard InChI is InChI=1S/C15H18F3N5/c1-10(7-8-11-5-3-2-4-6-11)20-14-22-12(9-15(16,17)18)21-13(19)23-14/h2-6,10H,7-9H2,1H3,(H3,19,20,21,22,23). The van der Waals surface area contributed by atoms with Gasteiger partial charge in [0.15, 0.2) is 0 Å². The fourth-order valence-corrected chi connectivity index (χ4v) is 2.08. The molecule has 124 valence electrons. The number of nitrogens with zero attached hydrogens (tertiary/aromatic N) is 3. The van der Waals surface area contributed by atoms with E-state index in [-0.39, 0.29) is 23.8 Å². The summed E-state index contributed by atoms with van der Waals surface area (Å²) in [5.74, 6) is -0.544. The Balaban J connectivity index is 1.96. The summed E-state index contributed by atoms with van der Waals surface area (Å²) in [7, 11) is 0. The molecule has 0 radical (unpaired) electrons. The maximum atomic E-state index is 12.4. The van der Waals surface area contributed by atoms with Crippen LogP contribution in [0.15, 0.2) is 30.3 Å². The average Bonchev–Trinajstić information content (AvgIpc) is 2.43. The van der Waals surface area contributed by atoms with E-state index in [9.17, 15) is 13.2 Å². The molecule has 1 aromatic heterocycles. The highest BCUT2D eigenvalue weighted by Crippen LogP contribution is 2.20. The first kappa shape index (κ1) is 17.0. The molecule has 0 bridgehead atoms. The van der Waals surface area contributed by atoms with Crippen LogP contribution >= 0.6 is 0 Å². The van der Waals surface area contributed by atoms with Gasteiger partial charge in [-0.3, -0.25) is 0 Å². The van der Waals surface area contributed by atoms with Crippen molar-refractivity contribution in [3.8, 4) is 0 Å². The van der Waals surface area contributed by atoms with E-state index in [0.717, 1.165) is 12.8 Å². The Kier molecular flexibility index (Phi) is 5.36. The zero-order chi connectivity index (χ0) is 16.9. The van der Waals surface area contributed by atoms with Gasteiger partial charge in [0.25, 0.3) is 0 Å². The van der Waals surface area contributed by atoms with Crippen molar-refractivity contribution in [2.24, 2.45) is 0 Å². The lowest BCUT2D eigenvalue weighted by Crippen LogP contribution is -2.21. The molecule has 1 unspecified atom stereocenters. The second kappa shape index (κ2) is 7.26. The molecule has 2 rings (SSSR count). The van der Waals surface area contributed by atoms with Crippen molar-refractivity contribution >= 4 is 11.9 Å². The molecule has 0 saturated carbocycles. The van der Waals surface area contributed by atoms with Crippen LogP contribution in [-0.2, 0) is 12.8 Å². The Morgan fingerprint density at radius 3 is 2.48 bits per heavy atom. The lowest BCUT2D eigenvalue weighted by Gasteiger charge is -2.14. The van der Waals surface area contributed by atoms with Crippen LogP contribution in [-0.4, -0.2) is 27.2 Å². The van der Waals surface area contributed by atoms with Gasteiger partial charge in [-0.05, 0) is 25.3 Å². The number of aromatic nitrogens is 3. The molecule has 1 heterocycles. The van der Waals surface area contributed by atoms with Crippen LogP contribution in [0.2, 0.25) is 0 Å². The number of benzene rings is 1. The molecule has 0 saturated heterocycles. The molecule has 1 aromatic carbocycles. The molecule has 0 fully saturated rings. The summed E-state index contributed by atoms with van der Waals surface area (Å²) >= 11 is 0. The van der Waals surface area contributed by atoms with Crippen molar-refractivity contribution < 1.29 is 13.2 Å².